The molecule has 2 aromatic carbocycles. The van der Waals surface area contributed by atoms with Gasteiger partial charge in [0.15, 0.2) is 0 Å². The minimum absolute atomic E-state index is 0.252. The van der Waals surface area contributed by atoms with Crippen molar-refractivity contribution in [2.45, 2.75) is 11.4 Å². The molecule has 0 unspecified atom stereocenters. The van der Waals surface area contributed by atoms with E-state index >= 15 is 0 Å². The minimum atomic E-state index is -3.48. The van der Waals surface area contributed by atoms with E-state index in [1.165, 1.54) is 28.6 Å². The standard InChI is InChI=1S/C17H18ClFN2O2S/c18-15-3-7-17(8-4-15)24(22,23)21-11-9-20(10-12-21)13-14-1-5-16(19)6-2-14/h1-8H,9-13H2. The summed E-state index contributed by atoms with van der Waals surface area (Å²) in [5, 5.41) is 0.512. The van der Waals surface area contributed by atoms with E-state index in [-0.39, 0.29) is 10.7 Å². The van der Waals surface area contributed by atoms with Crippen molar-refractivity contribution < 1.29 is 12.8 Å². The highest BCUT2D eigenvalue weighted by atomic mass is 35.5. The monoisotopic (exact) mass is 368 g/mol. The maximum Gasteiger partial charge on any atom is 0.243 e. The van der Waals surface area contributed by atoms with Gasteiger partial charge in [0.1, 0.15) is 5.82 Å². The lowest BCUT2D eigenvalue weighted by Gasteiger charge is -2.34. The Labute approximate surface area is 146 Å². The van der Waals surface area contributed by atoms with Gasteiger partial charge in [0.05, 0.1) is 4.90 Å². The second-order valence-electron chi connectivity index (χ2n) is 5.76. The van der Waals surface area contributed by atoms with Gasteiger partial charge in [-0.15, -0.1) is 0 Å². The van der Waals surface area contributed by atoms with Crippen LogP contribution in [0.1, 0.15) is 5.56 Å². The molecule has 0 N–H and O–H groups in total. The van der Waals surface area contributed by atoms with Gasteiger partial charge in [0.25, 0.3) is 0 Å². The van der Waals surface area contributed by atoms with E-state index in [1.54, 1.807) is 24.3 Å². The van der Waals surface area contributed by atoms with Crippen LogP contribution in [0.2, 0.25) is 5.02 Å². The van der Waals surface area contributed by atoms with E-state index in [2.05, 4.69) is 4.90 Å². The molecule has 7 heteroatoms. The van der Waals surface area contributed by atoms with Crippen molar-refractivity contribution in [2.75, 3.05) is 26.2 Å². The second kappa shape index (κ2) is 7.19. The van der Waals surface area contributed by atoms with Crippen LogP contribution in [0.25, 0.3) is 0 Å². The Hall–Kier alpha value is -1.47. The van der Waals surface area contributed by atoms with Crippen molar-refractivity contribution in [1.82, 2.24) is 9.21 Å². The predicted octanol–water partition coefficient (Wildman–Crippen LogP) is 2.99. The summed E-state index contributed by atoms with van der Waals surface area (Å²) in [6.45, 7) is 2.85. The molecule has 1 aliphatic rings. The van der Waals surface area contributed by atoms with Crippen LogP contribution in [0, 0.1) is 5.82 Å². The van der Waals surface area contributed by atoms with Crippen molar-refractivity contribution in [3.8, 4) is 0 Å². The molecule has 0 aromatic heterocycles. The summed E-state index contributed by atoms with van der Waals surface area (Å²) in [7, 11) is -3.48. The van der Waals surface area contributed by atoms with Gasteiger partial charge in [-0.2, -0.15) is 4.31 Å². The first-order chi connectivity index (χ1) is 11.4. The number of rotatable bonds is 4. The molecule has 2 aromatic rings. The van der Waals surface area contributed by atoms with Crippen LogP contribution in [0.4, 0.5) is 4.39 Å². The van der Waals surface area contributed by atoms with E-state index < -0.39 is 10.0 Å². The molecule has 0 amide bonds. The first-order valence-corrected chi connectivity index (χ1v) is 9.49. The van der Waals surface area contributed by atoms with Crippen LogP contribution in [-0.4, -0.2) is 43.8 Å². The zero-order chi connectivity index (χ0) is 17.2. The molecule has 0 saturated carbocycles. The highest BCUT2D eigenvalue weighted by Gasteiger charge is 2.28. The second-order valence-corrected chi connectivity index (χ2v) is 8.13. The third-order valence-corrected chi connectivity index (χ3v) is 6.27. The Morgan fingerprint density at radius 1 is 0.917 bits per heavy atom. The van der Waals surface area contributed by atoms with Crippen LogP contribution in [0.5, 0.6) is 0 Å². The molecule has 128 valence electrons. The largest absolute Gasteiger partial charge is 0.296 e. The molecular weight excluding hydrogens is 351 g/mol. The molecule has 24 heavy (non-hydrogen) atoms. The van der Waals surface area contributed by atoms with Crippen LogP contribution in [-0.2, 0) is 16.6 Å². The highest BCUT2D eigenvalue weighted by Crippen LogP contribution is 2.20. The number of hydrogen-bond acceptors (Lipinski definition) is 3. The summed E-state index contributed by atoms with van der Waals surface area (Å²) in [5.41, 5.74) is 1.02. The number of piperazine rings is 1. The zero-order valence-corrected chi connectivity index (χ0v) is 14.6. The highest BCUT2D eigenvalue weighted by molar-refractivity contribution is 7.89. The molecule has 1 aliphatic heterocycles. The van der Waals surface area contributed by atoms with E-state index in [0.29, 0.717) is 37.7 Å². The molecule has 0 radical (unpaired) electrons. The Morgan fingerprint density at radius 2 is 1.50 bits per heavy atom. The molecular formula is C17H18ClFN2O2S. The third kappa shape index (κ3) is 3.95. The molecule has 1 heterocycles. The van der Waals surface area contributed by atoms with Gasteiger partial charge in [0, 0.05) is 37.7 Å². The lowest BCUT2D eigenvalue weighted by molar-refractivity contribution is 0.181. The summed E-state index contributed by atoms with van der Waals surface area (Å²) in [5.74, 6) is -0.252. The molecule has 4 nitrogen and oxygen atoms in total. The van der Waals surface area contributed by atoms with Crippen molar-refractivity contribution in [1.29, 1.82) is 0 Å². The van der Waals surface area contributed by atoms with Gasteiger partial charge in [0.2, 0.25) is 10.0 Å². The van der Waals surface area contributed by atoms with Crippen molar-refractivity contribution >= 4 is 21.6 Å². The van der Waals surface area contributed by atoms with Gasteiger partial charge in [-0.1, -0.05) is 23.7 Å². The number of sulfonamides is 1. The normalized spacial score (nSPS) is 17.1. The van der Waals surface area contributed by atoms with Gasteiger partial charge in [-0.25, -0.2) is 12.8 Å². The quantitative estimate of drug-likeness (QED) is 0.833. The third-order valence-electron chi connectivity index (χ3n) is 4.10. The predicted molar refractivity (Wildman–Crippen MR) is 91.9 cm³/mol. The SMILES string of the molecule is O=S(=O)(c1ccc(Cl)cc1)N1CCN(Cc2ccc(F)cc2)CC1. The Balaban J connectivity index is 1.62. The van der Waals surface area contributed by atoms with Crippen molar-refractivity contribution in [2.24, 2.45) is 0 Å². The smallest absolute Gasteiger partial charge is 0.243 e. The molecule has 0 aliphatic carbocycles. The molecule has 3 rings (SSSR count). The molecule has 1 fully saturated rings. The van der Waals surface area contributed by atoms with Crippen LogP contribution < -0.4 is 0 Å². The molecule has 1 saturated heterocycles. The number of hydrogen-bond donors (Lipinski definition) is 0. The lowest BCUT2D eigenvalue weighted by atomic mass is 10.2. The summed E-state index contributed by atoms with van der Waals surface area (Å²) in [4.78, 5) is 2.43. The Morgan fingerprint density at radius 3 is 2.08 bits per heavy atom. The van der Waals surface area contributed by atoms with Crippen LogP contribution in [0.3, 0.4) is 0 Å². The number of nitrogens with zero attached hydrogens (tertiary/aromatic N) is 2. The van der Waals surface area contributed by atoms with Gasteiger partial charge in [-0.05, 0) is 42.0 Å². The lowest BCUT2D eigenvalue weighted by Crippen LogP contribution is -2.48. The van der Waals surface area contributed by atoms with Gasteiger partial charge >= 0.3 is 0 Å². The molecule has 0 spiro atoms. The molecule has 0 atom stereocenters. The van der Waals surface area contributed by atoms with Crippen molar-refractivity contribution in [3.05, 3.63) is 64.9 Å². The fraction of sp³-hybridized carbons (Fsp3) is 0.294. The maximum atomic E-state index is 12.9. The fourth-order valence-corrected chi connectivity index (χ4v) is 4.28. The first kappa shape index (κ1) is 17.4. The summed E-state index contributed by atoms with van der Waals surface area (Å²) in [6.07, 6.45) is 0. The van der Waals surface area contributed by atoms with Gasteiger partial charge < -0.3 is 0 Å². The summed E-state index contributed by atoms with van der Waals surface area (Å²) in [6, 6.07) is 12.6. The number of benzene rings is 2. The zero-order valence-electron chi connectivity index (χ0n) is 13.0. The van der Waals surface area contributed by atoms with Crippen molar-refractivity contribution in [3.63, 3.8) is 0 Å². The van der Waals surface area contributed by atoms with Crippen LogP contribution >= 0.6 is 11.6 Å². The summed E-state index contributed by atoms with van der Waals surface area (Å²) < 4.78 is 39.7. The average molecular weight is 369 g/mol. The summed E-state index contributed by atoms with van der Waals surface area (Å²) >= 11 is 5.81. The Bertz CT molecular complexity index is 786. The topological polar surface area (TPSA) is 40.6 Å². The van der Waals surface area contributed by atoms with Gasteiger partial charge in [-0.3, -0.25) is 4.90 Å². The van der Waals surface area contributed by atoms with E-state index in [0.717, 1.165) is 5.56 Å². The van der Waals surface area contributed by atoms with E-state index in [1.807, 2.05) is 0 Å². The average Bonchev–Trinajstić information content (AvgIpc) is 2.58. The first-order valence-electron chi connectivity index (χ1n) is 7.68. The minimum Gasteiger partial charge on any atom is -0.296 e. The van der Waals surface area contributed by atoms with E-state index in [9.17, 15) is 12.8 Å². The fourth-order valence-electron chi connectivity index (χ4n) is 2.73. The number of halogens is 2. The maximum absolute atomic E-state index is 12.9. The van der Waals surface area contributed by atoms with Crippen LogP contribution in [0.15, 0.2) is 53.4 Å². The Kier molecular flexibility index (Phi) is 5.20. The van der Waals surface area contributed by atoms with E-state index in [4.69, 9.17) is 11.6 Å². The molecule has 0 bridgehead atoms.